The van der Waals surface area contributed by atoms with E-state index in [4.69, 9.17) is 52.1 Å². The molecule has 6 fully saturated rings. The van der Waals surface area contributed by atoms with Crippen LogP contribution >= 0.6 is 0 Å². The van der Waals surface area contributed by atoms with Crippen molar-refractivity contribution in [1.82, 2.24) is 16.0 Å². The molecule has 0 aromatic heterocycles. The first-order chi connectivity index (χ1) is 41.3. The molecule has 0 saturated carbocycles. The Hall–Kier alpha value is -3.85. The van der Waals surface area contributed by atoms with E-state index in [2.05, 4.69) is 16.0 Å². The summed E-state index contributed by atoms with van der Waals surface area (Å²) in [5.74, 6) is -14.1. The van der Waals surface area contributed by atoms with Gasteiger partial charge in [-0.1, -0.05) is 0 Å². The summed E-state index contributed by atoms with van der Waals surface area (Å²) in [6.07, 6.45) is -60.8. The molecule has 40 heteroatoms. The Labute approximate surface area is 496 Å². The standard InChI is InChI=1S/C48H79N3O37/c1-12(58)49-23-15(61)4-47(45(74)75,86-38(23)26(64)17(63)6-52)85-20(9-55)29(67)39-24(50-13(2)59)16(62)5-48(87-39,46(76)77)88-40-28(66)19(8-54)80-44(34(40)72)84-37-25(51-14(3)60)42(79-18(7-53)27(37)65)82-36-22(11-57)81-43(33(71)31(36)69)83-35-21(10-56)78-41(73)32(70)30(35)68/h15-44,52-57,61-73H,4-11H2,1-3H3,(H,49,58)(H,50,59)(H,51,60)(H,74,75)(H,76,77)/t15-,16-,17+,18+,19+,20+,21+,22+,23+,24+,25+,26+,27-,28-,29+,30+,31+,32+,33+,34+,35+,36-,37+,38+,39+,40-,41+,42-,43-,44-,47+,48-/m0/s1. The summed E-state index contributed by atoms with van der Waals surface area (Å²) in [7, 11) is 0. The van der Waals surface area contributed by atoms with Crippen LogP contribution in [0.2, 0.25) is 0 Å². The van der Waals surface area contributed by atoms with Crippen LogP contribution in [0.4, 0.5) is 0 Å². The van der Waals surface area contributed by atoms with Gasteiger partial charge in [0.25, 0.3) is 11.6 Å². The van der Waals surface area contributed by atoms with E-state index < -0.39 is 277 Å². The maximum Gasteiger partial charge on any atom is 0.364 e. The van der Waals surface area contributed by atoms with Crippen LogP contribution in [-0.2, 0) is 76.1 Å². The van der Waals surface area contributed by atoms with Gasteiger partial charge in [0.2, 0.25) is 17.7 Å². The molecule has 40 nitrogen and oxygen atoms in total. The molecule has 32 atom stereocenters. The molecule has 0 radical (unpaired) electrons. The summed E-state index contributed by atoms with van der Waals surface area (Å²) in [6, 6.07) is -5.67. The molecule has 6 saturated heterocycles. The lowest BCUT2D eigenvalue weighted by Gasteiger charge is -2.52. The van der Waals surface area contributed by atoms with E-state index in [0.29, 0.717) is 0 Å². The zero-order valence-corrected chi connectivity index (χ0v) is 46.9. The highest BCUT2D eigenvalue weighted by molar-refractivity contribution is 5.77. The highest BCUT2D eigenvalue weighted by Gasteiger charge is 2.63. The van der Waals surface area contributed by atoms with Gasteiger partial charge in [-0.3, -0.25) is 14.4 Å². The third kappa shape index (κ3) is 15.6. The number of aliphatic hydroxyl groups excluding tert-OH is 19. The summed E-state index contributed by atoms with van der Waals surface area (Å²) in [5.41, 5.74) is 0. The number of amides is 3. The summed E-state index contributed by atoms with van der Waals surface area (Å²) < 4.78 is 62.4. The van der Waals surface area contributed by atoms with Gasteiger partial charge in [0.15, 0.2) is 25.2 Å². The Balaban J connectivity index is 1.29. The van der Waals surface area contributed by atoms with Crippen molar-refractivity contribution in [3.8, 4) is 0 Å². The first-order valence-corrected chi connectivity index (χ1v) is 27.4. The topological polar surface area (TPSA) is 648 Å². The Bertz CT molecular complexity index is 2320. The molecule has 6 aliphatic rings. The maximum absolute atomic E-state index is 13.6. The predicted octanol–water partition coefficient (Wildman–Crippen LogP) is -15.3. The number of carbonyl (C=O) groups is 5. The van der Waals surface area contributed by atoms with Crippen LogP contribution in [-0.4, -0.2) is 372 Å². The third-order valence-corrected chi connectivity index (χ3v) is 15.6. The number of nitrogens with one attached hydrogen (secondary N) is 3. The van der Waals surface area contributed by atoms with Crippen LogP contribution in [0, 0.1) is 0 Å². The molecule has 0 bridgehead atoms. The van der Waals surface area contributed by atoms with Gasteiger partial charge in [0, 0.05) is 33.6 Å². The van der Waals surface area contributed by atoms with Crippen LogP contribution in [0.25, 0.3) is 0 Å². The third-order valence-electron chi connectivity index (χ3n) is 15.6. The second-order valence-corrected chi connectivity index (χ2v) is 21.8. The normalized spacial score (nSPS) is 44.6. The van der Waals surface area contributed by atoms with E-state index in [1.54, 1.807) is 0 Å². The Morgan fingerprint density at radius 2 is 0.875 bits per heavy atom. The molecule has 0 aromatic carbocycles. The minimum Gasteiger partial charge on any atom is -0.477 e. The summed E-state index contributed by atoms with van der Waals surface area (Å²) in [5, 5.41) is 234. The highest BCUT2D eigenvalue weighted by Crippen LogP contribution is 2.41. The van der Waals surface area contributed by atoms with Crippen molar-refractivity contribution in [3.63, 3.8) is 0 Å². The van der Waals surface area contributed by atoms with Crippen molar-refractivity contribution in [3.05, 3.63) is 0 Å². The second-order valence-electron chi connectivity index (χ2n) is 21.8. The summed E-state index contributed by atoms with van der Waals surface area (Å²) >= 11 is 0. The van der Waals surface area contributed by atoms with E-state index >= 15 is 0 Å². The number of ether oxygens (including phenoxy) is 11. The van der Waals surface area contributed by atoms with Crippen LogP contribution in [0.15, 0.2) is 0 Å². The second kappa shape index (κ2) is 30.7. The fourth-order valence-electron chi connectivity index (χ4n) is 11.1. The highest BCUT2D eigenvalue weighted by atomic mass is 16.8. The van der Waals surface area contributed by atoms with Crippen molar-refractivity contribution in [1.29, 1.82) is 0 Å². The van der Waals surface area contributed by atoms with E-state index in [-0.39, 0.29) is 0 Å². The van der Waals surface area contributed by atoms with Crippen molar-refractivity contribution in [2.24, 2.45) is 0 Å². The molecule has 6 heterocycles. The van der Waals surface area contributed by atoms with Crippen molar-refractivity contribution in [2.75, 3.05) is 39.6 Å². The first-order valence-electron chi connectivity index (χ1n) is 27.4. The average molecular weight is 1290 g/mol. The zero-order chi connectivity index (χ0) is 65.8. The number of carboxylic acids is 2. The Morgan fingerprint density at radius 1 is 0.466 bits per heavy atom. The minimum atomic E-state index is -3.50. The van der Waals surface area contributed by atoms with Gasteiger partial charge in [-0.15, -0.1) is 0 Å². The molecule has 0 unspecified atom stereocenters. The lowest BCUT2D eigenvalue weighted by molar-refractivity contribution is -0.389. The number of hydrogen-bond acceptors (Lipinski definition) is 35. The molecule has 0 aliphatic carbocycles. The van der Waals surface area contributed by atoms with Gasteiger partial charge in [0.05, 0.1) is 63.9 Å². The van der Waals surface area contributed by atoms with E-state index in [9.17, 15) is 131 Å². The van der Waals surface area contributed by atoms with Crippen LogP contribution in [0.3, 0.4) is 0 Å². The summed E-state index contributed by atoms with van der Waals surface area (Å²) in [6.45, 7) is -4.36. The van der Waals surface area contributed by atoms with Crippen LogP contribution < -0.4 is 16.0 Å². The molecule has 508 valence electrons. The number of rotatable bonds is 25. The van der Waals surface area contributed by atoms with Crippen LogP contribution in [0.5, 0.6) is 0 Å². The van der Waals surface area contributed by atoms with Gasteiger partial charge in [-0.25, -0.2) is 9.59 Å². The molecular formula is C48H79N3O37. The largest absolute Gasteiger partial charge is 0.477 e. The van der Waals surface area contributed by atoms with E-state index in [1.807, 2.05) is 0 Å². The SMILES string of the molecule is CC(=O)N[C@H]1[C@H](O[C@@H]2[C@H](O)[C@@H](O)[C@H](O[C@H]3[C@H](O)[C@@H](O)[C@H](O)O[C@@H]3CO)O[C@@H]2CO)O[C@H](CO)[C@H](O)[C@@H]1O[C@@H]1O[C@H](CO)[C@H](O)[C@H](O[C@]2(C(=O)O)C[C@H](O)[C@@H](NC(C)=O)[C@H]([C@H](O)[C@@H](CO)O[C@]3(C(=O)O)C[C@H](O)[C@@H](NC(C)=O)[C@H]([C@H](O)[C@H](O)CO)O3)O2)[C@H]1O. The molecule has 3 amide bonds. The molecule has 88 heavy (non-hydrogen) atoms. The monoisotopic (exact) mass is 1290 g/mol. The zero-order valence-electron chi connectivity index (χ0n) is 46.9. The van der Waals surface area contributed by atoms with Crippen molar-refractivity contribution in [2.45, 2.75) is 229 Å². The quantitative estimate of drug-likeness (QED) is 0.0404. The fraction of sp³-hybridized carbons (Fsp3) is 0.896. The van der Waals surface area contributed by atoms with Gasteiger partial charge in [-0.05, 0) is 0 Å². The van der Waals surface area contributed by atoms with Gasteiger partial charge in [0.1, 0.15) is 134 Å². The lowest BCUT2D eigenvalue weighted by atomic mass is 9.87. The van der Waals surface area contributed by atoms with Gasteiger partial charge < -0.3 is 175 Å². The number of aliphatic hydroxyl groups is 19. The predicted molar refractivity (Wildman–Crippen MR) is 268 cm³/mol. The molecule has 0 aromatic rings. The first kappa shape index (κ1) is 73.2. The van der Waals surface area contributed by atoms with Crippen molar-refractivity contribution >= 4 is 29.7 Å². The average Bonchev–Trinajstić information content (AvgIpc) is 1.26. The molecule has 6 rings (SSSR count). The number of hydrogen-bond donors (Lipinski definition) is 24. The van der Waals surface area contributed by atoms with E-state index in [1.165, 1.54) is 0 Å². The van der Waals surface area contributed by atoms with Crippen LogP contribution in [0.1, 0.15) is 33.6 Å². The van der Waals surface area contributed by atoms with E-state index in [0.717, 1.165) is 20.8 Å². The smallest absolute Gasteiger partial charge is 0.364 e. The molecule has 24 N–H and O–H groups in total. The van der Waals surface area contributed by atoms with Crippen molar-refractivity contribution < 1.29 is 183 Å². The maximum atomic E-state index is 13.6. The number of carbonyl (C=O) groups excluding carboxylic acids is 3. The fourth-order valence-corrected chi connectivity index (χ4v) is 11.1. The Kier molecular flexibility index (Phi) is 25.6. The molecule has 6 aliphatic heterocycles. The molecule has 0 spiro atoms. The minimum absolute atomic E-state index is 0.876. The molecular weight excluding hydrogens is 1210 g/mol. The number of carboxylic acid groups (broad SMARTS) is 2. The van der Waals surface area contributed by atoms with Gasteiger partial charge in [-0.2, -0.15) is 0 Å². The lowest BCUT2D eigenvalue weighted by Crippen LogP contribution is -2.72. The summed E-state index contributed by atoms with van der Waals surface area (Å²) in [4.78, 5) is 64.2. The Morgan fingerprint density at radius 3 is 1.36 bits per heavy atom. The number of aliphatic carboxylic acids is 2. The van der Waals surface area contributed by atoms with Gasteiger partial charge >= 0.3 is 11.9 Å².